The summed E-state index contributed by atoms with van der Waals surface area (Å²) in [4.78, 5) is 37.0. The van der Waals surface area contributed by atoms with E-state index in [4.69, 9.17) is 0 Å². The van der Waals surface area contributed by atoms with Crippen molar-refractivity contribution in [2.24, 2.45) is 0 Å². The minimum absolute atomic E-state index is 0.0409. The van der Waals surface area contributed by atoms with Crippen LogP contribution in [0.3, 0.4) is 0 Å². The molecular formula is C23H23NO4. The molecule has 1 aliphatic rings. The van der Waals surface area contributed by atoms with Crippen LogP contribution in [0.4, 0.5) is 5.69 Å². The molecule has 5 nitrogen and oxygen atoms in total. The van der Waals surface area contributed by atoms with Gasteiger partial charge in [-0.05, 0) is 42.2 Å². The van der Waals surface area contributed by atoms with Crippen molar-refractivity contribution < 1.29 is 19.5 Å². The molecule has 0 bridgehead atoms. The van der Waals surface area contributed by atoms with Crippen LogP contribution in [0.25, 0.3) is 0 Å². The highest BCUT2D eigenvalue weighted by molar-refractivity contribution is 6.22. The van der Waals surface area contributed by atoms with Crippen LogP contribution in [0.5, 0.6) is 0 Å². The molecule has 3 rings (SSSR count). The molecule has 2 aromatic carbocycles. The number of carbonyl (C=O) groups is 3. The summed E-state index contributed by atoms with van der Waals surface area (Å²) in [7, 11) is 0. The van der Waals surface area contributed by atoms with Gasteiger partial charge >= 0.3 is 0 Å². The molecule has 0 heterocycles. The Hall–Kier alpha value is -3.21. The molecule has 2 N–H and O–H groups in total. The van der Waals surface area contributed by atoms with Crippen molar-refractivity contribution in [3.63, 3.8) is 0 Å². The third-order valence-electron chi connectivity index (χ3n) is 5.07. The largest absolute Gasteiger partial charge is 0.511 e. The van der Waals surface area contributed by atoms with E-state index in [0.29, 0.717) is 11.3 Å². The summed E-state index contributed by atoms with van der Waals surface area (Å²) >= 11 is 0. The lowest BCUT2D eigenvalue weighted by Gasteiger charge is -2.23. The maximum absolute atomic E-state index is 12.4. The Bertz CT molecular complexity index is 937. The highest BCUT2D eigenvalue weighted by atomic mass is 16.3. The summed E-state index contributed by atoms with van der Waals surface area (Å²) in [6.45, 7) is 3.59. The van der Waals surface area contributed by atoms with E-state index in [1.54, 1.807) is 25.1 Å². The summed E-state index contributed by atoms with van der Waals surface area (Å²) in [5.41, 5.74) is 2.99. The second-order valence-corrected chi connectivity index (χ2v) is 7.02. The van der Waals surface area contributed by atoms with E-state index in [2.05, 4.69) is 5.32 Å². The minimum Gasteiger partial charge on any atom is -0.511 e. The van der Waals surface area contributed by atoms with Gasteiger partial charge in [-0.25, -0.2) is 0 Å². The average Bonchev–Trinajstić information content (AvgIpc) is 2.68. The number of amides is 1. The van der Waals surface area contributed by atoms with Crippen molar-refractivity contribution in [2.75, 3.05) is 5.32 Å². The number of nitrogens with one attached hydrogen (secondary N) is 1. The smallest absolute Gasteiger partial charge is 0.255 e. The summed E-state index contributed by atoms with van der Waals surface area (Å²) in [5.74, 6) is -1.13. The topological polar surface area (TPSA) is 83.5 Å². The lowest BCUT2D eigenvalue weighted by Crippen LogP contribution is -2.26. The van der Waals surface area contributed by atoms with Crippen LogP contribution in [-0.4, -0.2) is 22.6 Å². The van der Waals surface area contributed by atoms with Crippen molar-refractivity contribution in [3.8, 4) is 0 Å². The monoisotopic (exact) mass is 377 g/mol. The quantitative estimate of drug-likeness (QED) is 0.467. The molecule has 0 saturated heterocycles. The number of allylic oxidation sites excluding steroid dienone is 2. The normalized spacial score (nSPS) is 16.8. The Morgan fingerprint density at radius 3 is 2.21 bits per heavy atom. The number of anilines is 1. The molecular weight excluding hydrogens is 354 g/mol. The van der Waals surface area contributed by atoms with Gasteiger partial charge in [-0.2, -0.15) is 0 Å². The first-order valence-electron chi connectivity index (χ1n) is 9.36. The van der Waals surface area contributed by atoms with Gasteiger partial charge in [0.1, 0.15) is 5.76 Å². The molecule has 1 saturated carbocycles. The second-order valence-electron chi connectivity index (χ2n) is 7.02. The standard InChI is InChI=1S/C23H23NO4/c1-3-19(25)22-20(26)12-16(13-21(22)27)15-8-10-17(11-9-15)24-23(28)18-7-5-4-6-14(18)2/h4-11,16,25H,3,12-13H2,1-2H3,(H,24,28). The van der Waals surface area contributed by atoms with Gasteiger partial charge in [0.05, 0.1) is 5.57 Å². The molecule has 0 aromatic heterocycles. The van der Waals surface area contributed by atoms with Crippen LogP contribution in [0.15, 0.2) is 59.9 Å². The number of hydrogen-bond acceptors (Lipinski definition) is 4. The number of hydrogen-bond donors (Lipinski definition) is 2. The zero-order valence-corrected chi connectivity index (χ0v) is 16.0. The summed E-state index contributed by atoms with van der Waals surface area (Å²) in [6.07, 6.45) is 0.660. The highest BCUT2D eigenvalue weighted by Gasteiger charge is 2.33. The van der Waals surface area contributed by atoms with E-state index in [1.807, 2.05) is 37.3 Å². The van der Waals surface area contributed by atoms with E-state index < -0.39 is 0 Å². The van der Waals surface area contributed by atoms with E-state index in [-0.39, 0.29) is 54.0 Å². The lowest BCUT2D eigenvalue weighted by atomic mass is 9.79. The first-order valence-corrected chi connectivity index (χ1v) is 9.36. The Kier molecular flexibility index (Phi) is 5.73. The SMILES string of the molecule is CCC(O)=C1C(=O)CC(c2ccc(NC(=O)c3ccccc3C)cc2)CC1=O. The minimum atomic E-state index is -0.308. The Balaban J connectivity index is 1.72. The molecule has 0 atom stereocenters. The van der Waals surface area contributed by atoms with E-state index in [0.717, 1.165) is 11.1 Å². The first kappa shape index (κ1) is 19.5. The predicted molar refractivity (Wildman–Crippen MR) is 108 cm³/mol. The molecule has 144 valence electrons. The van der Waals surface area contributed by atoms with Gasteiger partial charge in [-0.3, -0.25) is 14.4 Å². The number of Topliss-reactive ketones (excluding diaryl/α,β-unsaturated/α-hetero) is 2. The third kappa shape index (κ3) is 4.03. The number of ketones is 2. The van der Waals surface area contributed by atoms with Crippen LogP contribution in [0, 0.1) is 6.92 Å². The van der Waals surface area contributed by atoms with E-state index in [9.17, 15) is 19.5 Å². The van der Waals surface area contributed by atoms with Crippen LogP contribution in [-0.2, 0) is 9.59 Å². The predicted octanol–water partition coefficient (Wildman–Crippen LogP) is 4.49. The maximum atomic E-state index is 12.4. The molecule has 1 aliphatic carbocycles. The van der Waals surface area contributed by atoms with Gasteiger partial charge in [0.25, 0.3) is 5.91 Å². The zero-order chi connectivity index (χ0) is 20.3. The highest BCUT2D eigenvalue weighted by Crippen LogP contribution is 2.33. The summed E-state index contributed by atoms with van der Waals surface area (Å²) < 4.78 is 0. The number of aliphatic hydroxyl groups is 1. The Morgan fingerprint density at radius 2 is 1.64 bits per heavy atom. The Labute approximate surface area is 164 Å². The third-order valence-corrected chi connectivity index (χ3v) is 5.07. The van der Waals surface area contributed by atoms with Crippen molar-refractivity contribution in [1.29, 1.82) is 0 Å². The lowest BCUT2D eigenvalue weighted by molar-refractivity contribution is -0.124. The van der Waals surface area contributed by atoms with Crippen LogP contribution >= 0.6 is 0 Å². The molecule has 0 aliphatic heterocycles. The number of aliphatic hydroxyl groups excluding tert-OH is 1. The molecule has 1 fully saturated rings. The van der Waals surface area contributed by atoms with Crippen molar-refractivity contribution in [3.05, 3.63) is 76.6 Å². The van der Waals surface area contributed by atoms with Crippen LogP contribution < -0.4 is 5.32 Å². The molecule has 1 amide bonds. The van der Waals surface area contributed by atoms with Crippen molar-refractivity contribution in [2.45, 2.75) is 39.0 Å². The number of benzene rings is 2. The van der Waals surface area contributed by atoms with Gasteiger partial charge in [0.2, 0.25) is 0 Å². The molecule has 5 heteroatoms. The van der Waals surface area contributed by atoms with Gasteiger partial charge in [0.15, 0.2) is 11.6 Å². The Morgan fingerprint density at radius 1 is 1.04 bits per heavy atom. The fourth-order valence-corrected chi connectivity index (χ4v) is 3.48. The van der Waals surface area contributed by atoms with E-state index >= 15 is 0 Å². The molecule has 0 unspecified atom stereocenters. The number of aryl methyl sites for hydroxylation is 1. The van der Waals surface area contributed by atoms with Gasteiger partial charge < -0.3 is 10.4 Å². The van der Waals surface area contributed by atoms with Gasteiger partial charge in [-0.15, -0.1) is 0 Å². The maximum Gasteiger partial charge on any atom is 0.255 e. The summed E-state index contributed by atoms with van der Waals surface area (Å²) in [5, 5.41) is 12.7. The van der Waals surface area contributed by atoms with Crippen molar-refractivity contribution >= 4 is 23.2 Å². The van der Waals surface area contributed by atoms with Gasteiger partial charge in [0, 0.05) is 30.5 Å². The number of carbonyl (C=O) groups excluding carboxylic acids is 3. The number of rotatable bonds is 4. The molecule has 0 radical (unpaired) electrons. The average molecular weight is 377 g/mol. The van der Waals surface area contributed by atoms with E-state index in [1.165, 1.54) is 0 Å². The van der Waals surface area contributed by atoms with Crippen LogP contribution in [0.1, 0.15) is 53.6 Å². The van der Waals surface area contributed by atoms with Gasteiger partial charge in [-0.1, -0.05) is 37.3 Å². The second kappa shape index (κ2) is 8.21. The van der Waals surface area contributed by atoms with Crippen LogP contribution in [0.2, 0.25) is 0 Å². The van der Waals surface area contributed by atoms with Crippen molar-refractivity contribution in [1.82, 2.24) is 0 Å². The fourth-order valence-electron chi connectivity index (χ4n) is 3.48. The zero-order valence-electron chi connectivity index (χ0n) is 16.0. The molecule has 0 spiro atoms. The fraction of sp³-hybridized carbons (Fsp3) is 0.261. The molecule has 28 heavy (non-hydrogen) atoms. The molecule has 2 aromatic rings. The summed E-state index contributed by atoms with van der Waals surface area (Å²) in [6, 6.07) is 14.6. The first-order chi connectivity index (χ1) is 13.4.